The van der Waals surface area contributed by atoms with E-state index >= 15 is 0 Å². The van der Waals surface area contributed by atoms with Gasteiger partial charge in [-0.25, -0.2) is 5.43 Å². The van der Waals surface area contributed by atoms with Gasteiger partial charge < -0.3 is 9.30 Å². The Morgan fingerprint density at radius 3 is 2.96 bits per heavy atom. The first-order chi connectivity index (χ1) is 13.0. The van der Waals surface area contributed by atoms with Crippen LogP contribution in [0.3, 0.4) is 0 Å². The monoisotopic (exact) mass is 370 g/mol. The second kappa shape index (κ2) is 8.13. The van der Waals surface area contributed by atoms with Crippen LogP contribution in [0.2, 0.25) is 0 Å². The van der Waals surface area contributed by atoms with Gasteiger partial charge in [-0.2, -0.15) is 5.10 Å². The summed E-state index contributed by atoms with van der Waals surface area (Å²) in [6.45, 7) is 5.67. The summed E-state index contributed by atoms with van der Waals surface area (Å²) in [5.41, 5.74) is 5.53. The van der Waals surface area contributed by atoms with Crippen molar-refractivity contribution in [1.82, 2.24) is 9.99 Å². The number of nitro groups is 1. The lowest BCUT2D eigenvalue weighted by Gasteiger charge is -2.14. The molecule has 8 nitrogen and oxygen atoms in total. The number of nitro benzene ring substituents is 1. The molecule has 1 N–H and O–H groups in total. The van der Waals surface area contributed by atoms with E-state index in [4.69, 9.17) is 4.74 Å². The van der Waals surface area contributed by atoms with Crippen LogP contribution in [0.4, 0.5) is 5.69 Å². The molecule has 1 aliphatic rings. The fraction of sp³-hybridized carbons (Fsp3) is 0.368. The van der Waals surface area contributed by atoms with E-state index in [2.05, 4.69) is 15.1 Å². The number of carbonyl (C=O) groups is 1. The zero-order chi connectivity index (χ0) is 19.4. The first-order valence-electron chi connectivity index (χ1n) is 8.82. The molecule has 0 saturated carbocycles. The van der Waals surface area contributed by atoms with Crippen molar-refractivity contribution in [1.29, 1.82) is 0 Å². The summed E-state index contributed by atoms with van der Waals surface area (Å²) < 4.78 is 7.90. The summed E-state index contributed by atoms with van der Waals surface area (Å²) in [6.07, 6.45) is 4.00. The second-order valence-electron chi connectivity index (χ2n) is 6.58. The van der Waals surface area contributed by atoms with Gasteiger partial charge >= 0.3 is 0 Å². The third-order valence-electron chi connectivity index (χ3n) is 4.71. The molecular weight excluding hydrogens is 348 g/mol. The van der Waals surface area contributed by atoms with Gasteiger partial charge in [0, 0.05) is 47.8 Å². The number of hydrogen-bond donors (Lipinski definition) is 1. The number of nitrogens with zero attached hydrogens (tertiary/aromatic N) is 3. The maximum Gasteiger partial charge on any atom is 0.271 e. The van der Waals surface area contributed by atoms with Crippen LogP contribution in [0.25, 0.3) is 0 Å². The third kappa shape index (κ3) is 4.40. The molecule has 2 aromatic rings. The molecule has 27 heavy (non-hydrogen) atoms. The molecule has 0 bridgehead atoms. The first kappa shape index (κ1) is 18.8. The Morgan fingerprint density at radius 1 is 1.44 bits per heavy atom. The number of hydrogen-bond acceptors (Lipinski definition) is 5. The molecule has 1 aromatic heterocycles. The number of ether oxygens (including phenoxy) is 1. The molecule has 1 saturated heterocycles. The van der Waals surface area contributed by atoms with Crippen LogP contribution in [0.15, 0.2) is 35.4 Å². The van der Waals surface area contributed by atoms with E-state index in [1.165, 1.54) is 24.3 Å². The summed E-state index contributed by atoms with van der Waals surface area (Å²) in [5, 5.41) is 14.8. The number of aryl methyl sites for hydroxylation is 1. The fourth-order valence-corrected chi connectivity index (χ4v) is 3.22. The molecular formula is C19H22N4O4. The van der Waals surface area contributed by atoms with Gasteiger partial charge in [-0.3, -0.25) is 14.9 Å². The predicted molar refractivity (Wildman–Crippen MR) is 101 cm³/mol. The lowest BCUT2D eigenvalue weighted by molar-refractivity contribution is -0.384. The summed E-state index contributed by atoms with van der Waals surface area (Å²) in [6, 6.07) is 7.54. The molecule has 2 heterocycles. The molecule has 1 aliphatic heterocycles. The van der Waals surface area contributed by atoms with E-state index in [1.54, 1.807) is 6.21 Å². The zero-order valence-corrected chi connectivity index (χ0v) is 15.3. The number of hydrazone groups is 1. The minimum Gasteiger partial charge on any atom is -0.376 e. The lowest BCUT2D eigenvalue weighted by Crippen LogP contribution is -2.18. The van der Waals surface area contributed by atoms with Gasteiger partial charge in [-0.05, 0) is 38.8 Å². The number of nitrogens with one attached hydrogen (secondary N) is 1. The van der Waals surface area contributed by atoms with Crippen LogP contribution in [-0.2, 0) is 11.3 Å². The van der Waals surface area contributed by atoms with Crippen molar-refractivity contribution in [2.24, 2.45) is 5.10 Å². The number of aromatic nitrogens is 1. The molecule has 0 aliphatic carbocycles. The van der Waals surface area contributed by atoms with Gasteiger partial charge in [0.1, 0.15) is 0 Å². The topological polar surface area (TPSA) is 98.8 Å². The largest absolute Gasteiger partial charge is 0.376 e. The lowest BCUT2D eigenvalue weighted by atomic mass is 10.2. The van der Waals surface area contributed by atoms with Crippen molar-refractivity contribution in [2.45, 2.75) is 39.3 Å². The Hall–Kier alpha value is -3.00. The molecule has 0 radical (unpaired) electrons. The van der Waals surface area contributed by atoms with Crippen molar-refractivity contribution in [3.8, 4) is 0 Å². The van der Waals surface area contributed by atoms with Gasteiger partial charge in [0.2, 0.25) is 0 Å². The number of amides is 1. The molecule has 142 valence electrons. The fourth-order valence-electron chi connectivity index (χ4n) is 3.22. The maximum atomic E-state index is 12.1. The standard InChI is InChI=1S/C19H22N4O4/c1-13-9-16(14(2)22(13)12-18-7-4-8-27-18)11-20-21-19(24)15-5-3-6-17(10-15)23(25)26/h3,5-6,9-11,18H,4,7-8,12H2,1-2H3,(H,21,24)/b20-11-/t18-/m0/s1. The summed E-state index contributed by atoms with van der Waals surface area (Å²) in [4.78, 5) is 22.4. The van der Waals surface area contributed by atoms with E-state index in [0.717, 1.165) is 42.9 Å². The Labute approximate surface area is 157 Å². The van der Waals surface area contributed by atoms with Gasteiger partial charge in [-0.15, -0.1) is 0 Å². The average molecular weight is 370 g/mol. The van der Waals surface area contributed by atoms with Gasteiger partial charge in [0.05, 0.1) is 17.2 Å². The van der Waals surface area contributed by atoms with Gasteiger partial charge in [-0.1, -0.05) is 6.07 Å². The van der Waals surface area contributed by atoms with Crippen LogP contribution < -0.4 is 5.43 Å². The molecule has 8 heteroatoms. The molecule has 0 unspecified atom stereocenters. The normalized spacial score (nSPS) is 16.7. The SMILES string of the molecule is Cc1cc(/C=N\NC(=O)c2cccc([N+](=O)[O-])c2)c(C)n1C[C@@H]1CCCO1. The smallest absolute Gasteiger partial charge is 0.271 e. The number of non-ortho nitro benzene ring substituents is 1. The molecule has 1 aromatic carbocycles. The highest BCUT2D eigenvalue weighted by molar-refractivity contribution is 5.95. The predicted octanol–water partition coefficient (Wildman–Crippen LogP) is 2.96. The molecule has 1 atom stereocenters. The van der Waals surface area contributed by atoms with Crippen LogP contribution in [0.5, 0.6) is 0 Å². The Kier molecular flexibility index (Phi) is 5.66. The highest BCUT2D eigenvalue weighted by Gasteiger charge is 2.18. The van der Waals surface area contributed by atoms with E-state index < -0.39 is 10.8 Å². The van der Waals surface area contributed by atoms with E-state index in [0.29, 0.717) is 0 Å². The van der Waals surface area contributed by atoms with Gasteiger partial charge in [0.15, 0.2) is 0 Å². The first-order valence-corrected chi connectivity index (χ1v) is 8.82. The molecule has 0 spiro atoms. The highest BCUT2D eigenvalue weighted by atomic mass is 16.6. The summed E-state index contributed by atoms with van der Waals surface area (Å²) in [5.74, 6) is -0.497. The number of rotatable bonds is 6. The highest BCUT2D eigenvalue weighted by Crippen LogP contribution is 2.19. The average Bonchev–Trinajstić information content (AvgIpc) is 3.26. The van der Waals surface area contributed by atoms with Crippen molar-refractivity contribution in [3.05, 3.63) is 63.0 Å². The van der Waals surface area contributed by atoms with Crippen LogP contribution in [0, 0.1) is 24.0 Å². The van der Waals surface area contributed by atoms with E-state index in [-0.39, 0.29) is 17.4 Å². The van der Waals surface area contributed by atoms with E-state index in [9.17, 15) is 14.9 Å². The molecule has 3 rings (SSSR count). The van der Waals surface area contributed by atoms with Crippen molar-refractivity contribution >= 4 is 17.8 Å². The van der Waals surface area contributed by atoms with Crippen LogP contribution in [-0.4, -0.2) is 34.3 Å². The van der Waals surface area contributed by atoms with Crippen LogP contribution >= 0.6 is 0 Å². The Morgan fingerprint density at radius 2 is 2.26 bits per heavy atom. The van der Waals surface area contributed by atoms with Gasteiger partial charge in [0.25, 0.3) is 11.6 Å². The Bertz CT molecular complexity index is 882. The number of carbonyl (C=O) groups excluding carboxylic acids is 1. The quantitative estimate of drug-likeness (QED) is 0.480. The third-order valence-corrected chi connectivity index (χ3v) is 4.71. The Balaban J connectivity index is 1.66. The number of benzene rings is 1. The zero-order valence-electron chi connectivity index (χ0n) is 15.3. The summed E-state index contributed by atoms with van der Waals surface area (Å²) in [7, 11) is 0. The summed E-state index contributed by atoms with van der Waals surface area (Å²) >= 11 is 0. The van der Waals surface area contributed by atoms with Crippen molar-refractivity contribution in [3.63, 3.8) is 0 Å². The molecule has 1 fully saturated rings. The molecule has 1 amide bonds. The van der Waals surface area contributed by atoms with Crippen molar-refractivity contribution in [2.75, 3.05) is 6.61 Å². The second-order valence-corrected chi connectivity index (χ2v) is 6.58. The van der Waals surface area contributed by atoms with Crippen LogP contribution in [0.1, 0.15) is 40.2 Å². The minimum atomic E-state index is -0.539. The maximum absolute atomic E-state index is 12.1. The minimum absolute atomic E-state index is 0.135. The van der Waals surface area contributed by atoms with Crippen molar-refractivity contribution < 1.29 is 14.5 Å². The van der Waals surface area contributed by atoms with E-state index in [1.807, 2.05) is 19.9 Å².